The van der Waals surface area contributed by atoms with Gasteiger partial charge in [-0.3, -0.25) is 0 Å². The van der Waals surface area contributed by atoms with E-state index in [4.69, 9.17) is 4.74 Å². The van der Waals surface area contributed by atoms with Gasteiger partial charge in [0.25, 0.3) is 0 Å². The van der Waals surface area contributed by atoms with E-state index in [9.17, 15) is 4.39 Å². The number of nitrogens with one attached hydrogen (secondary N) is 1. The minimum atomic E-state index is -0.290. The fourth-order valence-electron chi connectivity index (χ4n) is 1.81. The average molecular weight is 338 g/mol. The van der Waals surface area contributed by atoms with Crippen molar-refractivity contribution in [3.8, 4) is 11.5 Å². The summed E-state index contributed by atoms with van der Waals surface area (Å²) in [6, 6.07) is 10.5. The van der Waals surface area contributed by atoms with Crippen LogP contribution in [0.4, 0.5) is 4.39 Å². The number of hydrogen-bond donors (Lipinski definition) is 1. The molecule has 0 unspecified atom stereocenters. The highest BCUT2D eigenvalue weighted by Gasteiger charge is 2.07. The van der Waals surface area contributed by atoms with Gasteiger partial charge < -0.3 is 10.1 Å². The standard InChI is InChI=1S/C16H17BrFNO/c1-3-19-10-12-5-4-11(2)16(8-12)20-15-7-6-13(18)9-14(15)17/h4-9,19H,3,10H2,1-2H3. The van der Waals surface area contributed by atoms with Crippen LogP contribution >= 0.6 is 15.9 Å². The molecule has 4 heteroatoms. The largest absolute Gasteiger partial charge is 0.456 e. The Hall–Kier alpha value is -1.39. The summed E-state index contributed by atoms with van der Waals surface area (Å²) in [5.41, 5.74) is 2.20. The molecule has 0 aromatic heterocycles. The Morgan fingerprint density at radius 3 is 2.65 bits per heavy atom. The zero-order valence-electron chi connectivity index (χ0n) is 11.5. The van der Waals surface area contributed by atoms with Crippen LogP contribution in [-0.2, 0) is 6.54 Å². The molecule has 106 valence electrons. The number of aryl methyl sites for hydroxylation is 1. The van der Waals surface area contributed by atoms with E-state index in [1.54, 1.807) is 6.07 Å². The second-order valence-corrected chi connectivity index (χ2v) is 5.41. The summed E-state index contributed by atoms with van der Waals surface area (Å²) < 4.78 is 19.6. The lowest BCUT2D eigenvalue weighted by Gasteiger charge is -2.12. The van der Waals surface area contributed by atoms with Crippen LogP contribution in [0, 0.1) is 12.7 Å². The third-order valence-electron chi connectivity index (χ3n) is 2.95. The van der Waals surface area contributed by atoms with Gasteiger partial charge in [0.15, 0.2) is 0 Å². The molecule has 2 nitrogen and oxygen atoms in total. The molecule has 0 bridgehead atoms. The molecule has 0 saturated carbocycles. The molecule has 0 amide bonds. The molecule has 0 atom stereocenters. The zero-order valence-corrected chi connectivity index (χ0v) is 13.1. The minimum Gasteiger partial charge on any atom is -0.456 e. The number of hydrogen-bond acceptors (Lipinski definition) is 2. The second-order valence-electron chi connectivity index (χ2n) is 4.56. The van der Waals surface area contributed by atoms with Crippen LogP contribution in [0.1, 0.15) is 18.1 Å². The monoisotopic (exact) mass is 337 g/mol. The van der Waals surface area contributed by atoms with Gasteiger partial charge in [0, 0.05) is 6.54 Å². The molecular weight excluding hydrogens is 321 g/mol. The van der Waals surface area contributed by atoms with Crippen LogP contribution < -0.4 is 10.1 Å². The van der Waals surface area contributed by atoms with Crippen LogP contribution in [0.15, 0.2) is 40.9 Å². The van der Waals surface area contributed by atoms with Gasteiger partial charge in [-0.15, -0.1) is 0 Å². The normalized spacial score (nSPS) is 10.6. The Labute approximate surface area is 127 Å². The van der Waals surface area contributed by atoms with Crippen LogP contribution in [0.25, 0.3) is 0 Å². The van der Waals surface area contributed by atoms with Crippen molar-refractivity contribution in [1.82, 2.24) is 5.32 Å². The molecule has 0 aliphatic rings. The molecule has 2 aromatic carbocycles. The predicted molar refractivity (Wildman–Crippen MR) is 82.7 cm³/mol. The SMILES string of the molecule is CCNCc1ccc(C)c(Oc2ccc(F)cc2Br)c1. The van der Waals surface area contributed by atoms with E-state index in [0.29, 0.717) is 10.2 Å². The summed E-state index contributed by atoms with van der Waals surface area (Å²) in [7, 11) is 0. The molecule has 2 rings (SSSR count). The number of halogens is 2. The van der Waals surface area contributed by atoms with Gasteiger partial charge in [-0.05, 0) is 64.8 Å². The van der Waals surface area contributed by atoms with E-state index in [1.165, 1.54) is 12.1 Å². The summed E-state index contributed by atoms with van der Waals surface area (Å²) in [5.74, 6) is 1.10. The van der Waals surface area contributed by atoms with Crippen molar-refractivity contribution in [3.05, 3.63) is 57.8 Å². The summed E-state index contributed by atoms with van der Waals surface area (Å²) in [6.07, 6.45) is 0. The predicted octanol–water partition coefficient (Wildman–Crippen LogP) is 4.80. The number of rotatable bonds is 5. The third kappa shape index (κ3) is 3.81. The maximum Gasteiger partial charge on any atom is 0.141 e. The first kappa shape index (κ1) is 15.0. The van der Waals surface area contributed by atoms with Gasteiger partial charge in [-0.2, -0.15) is 0 Å². The van der Waals surface area contributed by atoms with Crippen molar-refractivity contribution in [2.75, 3.05) is 6.54 Å². The Bertz CT molecular complexity index is 601. The van der Waals surface area contributed by atoms with E-state index < -0.39 is 0 Å². The van der Waals surface area contributed by atoms with Crippen molar-refractivity contribution in [1.29, 1.82) is 0 Å². The molecule has 0 heterocycles. The highest BCUT2D eigenvalue weighted by Crippen LogP contribution is 2.32. The first-order valence-electron chi connectivity index (χ1n) is 6.53. The Morgan fingerprint density at radius 1 is 1.15 bits per heavy atom. The molecule has 0 spiro atoms. The van der Waals surface area contributed by atoms with Gasteiger partial charge in [-0.25, -0.2) is 4.39 Å². The molecule has 1 N–H and O–H groups in total. The fourth-order valence-corrected chi connectivity index (χ4v) is 2.24. The van der Waals surface area contributed by atoms with Gasteiger partial charge in [-0.1, -0.05) is 19.1 Å². The molecular formula is C16H17BrFNO. The third-order valence-corrected chi connectivity index (χ3v) is 3.57. The van der Waals surface area contributed by atoms with Crippen LogP contribution in [-0.4, -0.2) is 6.54 Å². The summed E-state index contributed by atoms with van der Waals surface area (Å²) in [6.45, 7) is 5.79. The Kier molecular flexibility index (Phi) is 5.15. The maximum absolute atomic E-state index is 13.1. The quantitative estimate of drug-likeness (QED) is 0.846. The van der Waals surface area contributed by atoms with Gasteiger partial charge in [0.05, 0.1) is 4.47 Å². The topological polar surface area (TPSA) is 21.3 Å². The Morgan fingerprint density at radius 2 is 1.95 bits per heavy atom. The molecule has 0 aliphatic carbocycles. The van der Waals surface area contributed by atoms with E-state index in [1.807, 2.05) is 19.1 Å². The van der Waals surface area contributed by atoms with E-state index in [2.05, 4.69) is 34.2 Å². The summed E-state index contributed by atoms with van der Waals surface area (Å²) in [4.78, 5) is 0. The van der Waals surface area contributed by atoms with Crippen LogP contribution in [0.3, 0.4) is 0 Å². The summed E-state index contributed by atoms with van der Waals surface area (Å²) >= 11 is 3.31. The lowest BCUT2D eigenvalue weighted by molar-refractivity contribution is 0.472. The van der Waals surface area contributed by atoms with Crippen molar-refractivity contribution < 1.29 is 9.13 Å². The van der Waals surface area contributed by atoms with Crippen LogP contribution in [0.2, 0.25) is 0 Å². The molecule has 0 fully saturated rings. The van der Waals surface area contributed by atoms with Crippen molar-refractivity contribution in [2.45, 2.75) is 20.4 Å². The highest BCUT2D eigenvalue weighted by atomic mass is 79.9. The first-order valence-corrected chi connectivity index (χ1v) is 7.32. The smallest absolute Gasteiger partial charge is 0.141 e. The van der Waals surface area contributed by atoms with Crippen molar-refractivity contribution in [2.24, 2.45) is 0 Å². The lowest BCUT2D eigenvalue weighted by atomic mass is 10.1. The van der Waals surface area contributed by atoms with Crippen LogP contribution in [0.5, 0.6) is 11.5 Å². The molecule has 20 heavy (non-hydrogen) atoms. The van der Waals surface area contributed by atoms with Crippen molar-refractivity contribution >= 4 is 15.9 Å². The van der Waals surface area contributed by atoms with E-state index in [0.717, 1.165) is 30.0 Å². The number of benzene rings is 2. The summed E-state index contributed by atoms with van der Waals surface area (Å²) in [5, 5.41) is 3.28. The second kappa shape index (κ2) is 6.86. The zero-order chi connectivity index (χ0) is 14.5. The van der Waals surface area contributed by atoms with Gasteiger partial charge in [0.1, 0.15) is 17.3 Å². The van der Waals surface area contributed by atoms with E-state index >= 15 is 0 Å². The van der Waals surface area contributed by atoms with Crippen molar-refractivity contribution in [3.63, 3.8) is 0 Å². The number of ether oxygens (including phenoxy) is 1. The molecule has 2 aromatic rings. The van der Waals surface area contributed by atoms with Gasteiger partial charge in [0.2, 0.25) is 0 Å². The minimum absolute atomic E-state index is 0.290. The van der Waals surface area contributed by atoms with E-state index in [-0.39, 0.29) is 5.82 Å². The van der Waals surface area contributed by atoms with Gasteiger partial charge >= 0.3 is 0 Å². The Balaban J connectivity index is 2.23. The first-order chi connectivity index (χ1) is 9.60. The maximum atomic E-state index is 13.1. The molecule has 0 saturated heterocycles. The molecule has 0 radical (unpaired) electrons. The lowest BCUT2D eigenvalue weighted by Crippen LogP contribution is -2.11. The highest BCUT2D eigenvalue weighted by molar-refractivity contribution is 9.10. The fraction of sp³-hybridized carbons (Fsp3) is 0.250. The molecule has 0 aliphatic heterocycles. The average Bonchev–Trinajstić information content (AvgIpc) is 2.42.